The van der Waals surface area contributed by atoms with Gasteiger partial charge in [0.15, 0.2) is 5.65 Å². The first kappa shape index (κ1) is 22.7. The molecule has 0 saturated heterocycles. The number of carbonyl (C=O) groups is 1. The smallest absolute Gasteiger partial charge is 0.407 e. The van der Waals surface area contributed by atoms with E-state index in [9.17, 15) is 4.79 Å². The van der Waals surface area contributed by atoms with E-state index in [0.717, 1.165) is 55.6 Å². The van der Waals surface area contributed by atoms with Crippen LogP contribution in [0.4, 0.5) is 4.79 Å². The number of rotatable bonds is 10. The van der Waals surface area contributed by atoms with Crippen LogP contribution in [0.15, 0.2) is 48.7 Å². The number of nitrogens with zero attached hydrogens (tertiary/aromatic N) is 3. The molecular formula is C24H33N5O2. The number of hydrogen-bond donors (Lipinski definition) is 2. The summed E-state index contributed by atoms with van der Waals surface area (Å²) in [5.74, 6) is 0. The van der Waals surface area contributed by atoms with E-state index in [4.69, 9.17) is 4.74 Å². The van der Waals surface area contributed by atoms with Crippen LogP contribution in [-0.4, -0.2) is 51.4 Å². The number of H-pyrrole nitrogens is 1. The Morgan fingerprint density at radius 1 is 1.10 bits per heavy atom. The summed E-state index contributed by atoms with van der Waals surface area (Å²) in [6.07, 6.45) is 4.45. The highest BCUT2D eigenvalue weighted by Gasteiger charge is 2.16. The summed E-state index contributed by atoms with van der Waals surface area (Å²) >= 11 is 0. The van der Waals surface area contributed by atoms with Crippen molar-refractivity contribution < 1.29 is 9.53 Å². The minimum atomic E-state index is -0.486. The van der Waals surface area contributed by atoms with E-state index in [1.807, 2.05) is 32.9 Å². The van der Waals surface area contributed by atoms with Gasteiger partial charge in [-0.15, -0.1) is 0 Å². The van der Waals surface area contributed by atoms with Gasteiger partial charge >= 0.3 is 6.09 Å². The van der Waals surface area contributed by atoms with Gasteiger partial charge in [0.25, 0.3) is 0 Å². The number of amides is 1. The normalized spacial score (nSPS) is 11.7. The molecule has 166 valence electrons. The van der Waals surface area contributed by atoms with Crippen molar-refractivity contribution in [2.75, 3.05) is 19.6 Å². The van der Waals surface area contributed by atoms with E-state index in [1.165, 1.54) is 5.56 Å². The number of fused-ring (bicyclic) bond motifs is 1. The van der Waals surface area contributed by atoms with Crippen LogP contribution < -0.4 is 5.32 Å². The van der Waals surface area contributed by atoms with Crippen LogP contribution in [0.3, 0.4) is 0 Å². The Hall–Kier alpha value is -2.93. The third-order valence-corrected chi connectivity index (χ3v) is 4.90. The molecule has 1 amide bonds. The van der Waals surface area contributed by atoms with E-state index in [-0.39, 0.29) is 6.09 Å². The maximum absolute atomic E-state index is 11.9. The molecule has 0 saturated carbocycles. The molecule has 0 unspecified atom stereocenters. The molecule has 0 fully saturated rings. The van der Waals surface area contributed by atoms with Crippen molar-refractivity contribution in [3.63, 3.8) is 0 Å². The molecule has 0 aliphatic carbocycles. The summed E-state index contributed by atoms with van der Waals surface area (Å²) in [4.78, 5) is 18.6. The zero-order valence-corrected chi connectivity index (χ0v) is 18.7. The lowest BCUT2D eigenvalue weighted by molar-refractivity contribution is 0.0521. The van der Waals surface area contributed by atoms with Crippen LogP contribution in [0, 0.1) is 0 Å². The first-order valence-corrected chi connectivity index (χ1v) is 10.9. The molecule has 1 aromatic carbocycles. The van der Waals surface area contributed by atoms with Crippen LogP contribution in [0.2, 0.25) is 0 Å². The van der Waals surface area contributed by atoms with Gasteiger partial charge in [0, 0.05) is 36.9 Å². The fraction of sp³-hybridized carbons (Fsp3) is 0.458. The molecule has 0 spiro atoms. The third kappa shape index (κ3) is 7.68. The molecule has 0 aliphatic heterocycles. The number of aromatic amines is 1. The number of pyridine rings is 1. The van der Waals surface area contributed by atoms with E-state index < -0.39 is 5.60 Å². The predicted molar refractivity (Wildman–Crippen MR) is 123 cm³/mol. The van der Waals surface area contributed by atoms with Crippen molar-refractivity contribution in [1.29, 1.82) is 0 Å². The molecule has 3 rings (SSSR count). The van der Waals surface area contributed by atoms with Crippen LogP contribution in [0.1, 0.15) is 44.9 Å². The van der Waals surface area contributed by atoms with E-state index in [2.05, 4.69) is 55.7 Å². The lowest BCUT2D eigenvalue weighted by atomic mass is 10.1. The van der Waals surface area contributed by atoms with Crippen molar-refractivity contribution in [2.24, 2.45) is 0 Å². The Bertz CT molecular complexity index is 949. The zero-order valence-electron chi connectivity index (χ0n) is 18.7. The number of carbonyl (C=O) groups excluding carboxylic acids is 1. The summed E-state index contributed by atoms with van der Waals surface area (Å²) in [6, 6.07) is 14.4. The Morgan fingerprint density at radius 3 is 2.68 bits per heavy atom. The first-order valence-electron chi connectivity index (χ1n) is 10.9. The Kier molecular flexibility index (Phi) is 8.00. The van der Waals surface area contributed by atoms with Crippen molar-refractivity contribution >= 4 is 17.1 Å². The number of unbranched alkanes of at least 4 members (excludes halogenated alkanes) is 1. The van der Waals surface area contributed by atoms with Crippen LogP contribution in [0.5, 0.6) is 0 Å². The summed E-state index contributed by atoms with van der Waals surface area (Å²) < 4.78 is 5.33. The third-order valence-electron chi connectivity index (χ3n) is 4.90. The van der Waals surface area contributed by atoms with Crippen LogP contribution in [-0.2, 0) is 17.7 Å². The van der Waals surface area contributed by atoms with Crippen molar-refractivity contribution in [1.82, 2.24) is 25.4 Å². The molecule has 31 heavy (non-hydrogen) atoms. The summed E-state index contributed by atoms with van der Waals surface area (Å²) in [6.45, 7) is 8.74. The summed E-state index contributed by atoms with van der Waals surface area (Å²) in [5, 5.41) is 11.4. The van der Waals surface area contributed by atoms with Gasteiger partial charge < -0.3 is 10.1 Å². The SMILES string of the molecule is CC(C)(C)OC(=O)NCCN(CCCCc1[nH]nc2ncccc12)Cc1ccccc1. The number of nitrogens with one attached hydrogen (secondary N) is 2. The molecule has 0 radical (unpaired) electrons. The average molecular weight is 424 g/mol. The minimum Gasteiger partial charge on any atom is -0.444 e. The van der Waals surface area contributed by atoms with Crippen LogP contribution in [0.25, 0.3) is 11.0 Å². The Morgan fingerprint density at radius 2 is 1.90 bits per heavy atom. The van der Waals surface area contributed by atoms with Gasteiger partial charge in [0.2, 0.25) is 0 Å². The largest absolute Gasteiger partial charge is 0.444 e. The molecule has 2 heterocycles. The Labute approximate surface area is 184 Å². The van der Waals surface area contributed by atoms with Crippen molar-refractivity contribution in [3.8, 4) is 0 Å². The average Bonchev–Trinajstić information content (AvgIpc) is 3.13. The zero-order chi connectivity index (χ0) is 22.1. The number of ether oxygens (including phenoxy) is 1. The molecular weight excluding hydrogens is 390 g/mol. The molecule has 7 heteroatoms. The van der Waals surface area contributed by atoms with E-state index in [1.54, 1.807) is 6.20 Å². The molecule has 2 aromatic heterocycles. The van der Waals surface area contributed by atoms with Gasteiger partial charge in [0.05, 0.1) is 0 Å². The second-order valence-corrected chi connectivity index (χ2v) is 8.72. The topological polar surface area (TPSA) is 83.1 Å². The fourth-order valence-corrected chi connectivity index (χ4v) is 3.47. The van der Waals surface area contributed by atoms with Gasteiger partial charge in [0.1, 0.15) is 5.60 Å². The monoisotopic (exact) mass is 423 g/mol. The quantitative estimate of drug-likeness (QED) is 0.475. The highest BCUT2D eigenvalue weighted by Crippen LogP contribution is 2.15. The molecule has 7 nitrogen and oxygen atoms in total. The second kappa shape index (κ2) is 10.9. The number of aryl methyl sites for hydroxylation is 1. The van der Waals surface area contributed by atoms with Gasteiger partial charge in [-0.05, 0) is 64.3 Å². The van der Waals surface area contributed by atoms with Gasteiger partial charge in [-0.3, -0.25) is 10.00 Å². The van der Waals surface area contributed by atoms with E-state index >= 15 is 0 Å². The summed E-state index contributed by atoms with van der Waals surface area (Å²) in [7, 11) is 0. The maximum atomic E-state index is 11.9. The molecule has 0 bridgehead atoms. The number of hydrogen-bond acceptors (Lipinski definition) is 5. The lowest BCUT2D eigenvalue weighted by Gasteiger charge is -2.24. The van der Waals surface area contributed by atoms with Crippen molar-refractivity contribution in [3.05, 3.63) is 59.9 Å². The van der Waals surface area contributed by atoms with E-state index in [0.29, 0.717) is 6.54 Å². The summed E-state index contributed by atoms with van der Waals surface area (Å²) in [5.41, 5.74) is 2.70. The second-order valence-electron chi connectivity index (χ2n) is 8.72. The molecule has 0 atom stereocenters. The number of benzene rings is 1. The lowest BCUT2D eigenvalue weighted by Crippen LogP contribution is -2.38. The highest BCUT2D eigenvalue weighted by molar-refractivity contribution is 5.77. The Balaban J connectivity index is 1.48. The maximum Gasteiger partial charge on any atom is 0.407 e. The minimum absolute atomic E-state index is 0.369. The number of alkyl carbamates (subject to hydrolysis) is 1. The van der Waals surface area contributed by atoms with Gasteiger partial charge in [-0.1, -0.05) is 30.3 Å². The molecule has 0 aliphatic rings. The fourth-order valence-electron chi connectivity index (χ4n) is 3.47. The van der Waals surface area contributed by atoms with Crippen molar-refractivity contribution in [2.45, 2.75) is 52.2 Å². The first-order chi connectivity index (χ1) is 14.9. The molecule has 3 aromatic rings. The van der Waals surface area contributed by atoms with Gasteiger partial charge in [-0.25, -0.2) is 9.78 Å². The van der Waals surface area contributed by atoms with Gasteiger partial charge in [-0.2, -0.15) is 5.10 Å². The predicted octanol–water partition coefficient (Wildman–Crippen LogP) is 4.31. The molecule has 2 N–H and O–H groups in total. The standard InChI is InChI=1S/C24H33N5O2/c1-24(2,3)31-23(30)26-15-17-29(18-19-10-5-4-6-11-19)16-8-7-13-21-20-12-9-14-25-22(20)28-27-21/h4-6,9-12,14H,7-8,13,15-18H2,1-3H3,(H,26,30)(H,25,27,28). The van der Waals surface area contributed by atoms with Crippen LogP contribution >= 0.6 is 0 Å². The number of aromatic nitrogens is 3. The highest BCUT2D eigenvalue weighted by atomic mass is 16.6.